The second-order valence-electron chi connectivity index (χ2n) is 6.52. The smallest absolute Gasteiger partial charge is 0.220 e. The Hall–Kier alpha value is -2.61. The minimum Gasteiger partial charge on any atom is -0.350 e. The van der Waals surface area contributed by atoms with Crippen molar-refractivity contribution in [1.29, 1.82) is 0 Å². The van der Waals surface area contributed by atoms with Crippen molar-refractivity contribution in [2.24, 2.45) is 0 Å². The minimum absolute atomic E-state index is 0.0333. The van der Waals surface area contributed by atoms with E-state index in [4.69, 9.17) is 0 Å². The zero-order valence-electron chi connectivity index (χ0n) is 15.0. The number of carbonyl (C=O) groups is 1. The summed E-state index contributed by atoms with van der Waals surface area (Å²) in [5.41, 5.74) is 3.70. The van der Waals surface area contributed by atoms with Gasteiger partial charge in [-0.3, -0.25) is 4.79 Å². The lowest BCUT2D eigenvalue weighted by Crippen LogP contribution is -2.26. The molecule has 0 bridgehead atoms. The van der Waals surface area contributed by atoms with Crippen LogP contribution in [0.3, 0.4) is 0 Å². The van der Waals surface area contributed by atoms with Crippen LogP contribution in [-0.2, 0) is 17.6 Å². The first-order chi connectivity index (χ1) is 12.2. The first-order valence-corrected chi connectivity index (χ1v) is 9.02. The predicted octanol–water partition coefficient (Wildman–Crippen LogP) is 5.21. The highest BCUT2D eigenvalue weighted by atomic mass is 16.1. The van der Waals surface area contributed by atoms with E-state index in [0.717, 1.165) is 18.4 Å². The molecule has 0 saturated carbocycles. The van der Waals surface area contributed by atoms with Crippen molar-refractivity contribution in [2.45, 2.75) is 39.2 Å². The van der Waals surface area contributed by atoms with Gasteiger partial charge >= 0.3 is 0 Å². The molecule has 3 aromatic carbocycles. The van der Waals surface area contributed by atoms with E-state index >= 15 is 0 Å². The maximum absolute atomic E-state index is 12.3. The summed E-state index contributed by atoms with van der Waals surface area (Å²) in [6.07, 6.45) is 2.30. The van der Waals surface area contributed by atoms with Gasteiger partial charge in [-0.15, -0.1) is 0 Å². The van der Waals surface area contributed by atoms with Crippen LogP contribution in [0.15, 0.2) is 66.7 Å². The van der Waals surface area contributed by atoms with Gasteiger partial charge in [0.15, 0.2) is 0 Å². The summed E-state index contributed by atoms with van der Waals surface area (Å²) in [7, 11) is 0. The minimum atomic E-state index is 0.0333. The highest BCUT2D eigenvalue weighted by molar-refractivity contribution is 5.86. The maximum atomic E-state index is 12.3. The van der Waals surface area contributed by atoms with Crippen LogP contribution in [0.1, 0.15) is 43.0 Å². The van der Waals surface area contributed by atoms with E-state index in [1.54, 1.807) is 0 Å². The Balaban J connectivity index is 1.60. The molecule has 0 radical (unpaired) electrons. The van der Waals surface area contributed by atoms with E-state index in [0.29, 0.717) is 6.42 Å². The van der Waals surface area contributed by atoms with Crippen molar-refractivity contribution in [2.75, 3.05) is 0 Å². The fraction of sp³-hybridized carbons (Fsp3) is 0.261. The van der Waals surface area contributed by atoms with Gasteiger partial charge in [0.05, 0.1) is 6.04 Å². The standard InChI is InChI=1S/C23H25NO/c1-3-18-11-13-19(14-12-18)17(2)24-23(25)16-15-21-9-6-8-20-7-4-5-10-22(20)21/h4-14,17H,3,15-16H2,1-2H3,(H,24,25)/t17-/m0/s1. The molecule has 25 heavy (non-hydrogen) atoms. The number of rotatable bonds is 6. The third-order valence-corrected chi connectivity index (χ3v) is 4.77. The second-order valence-corrected chi connectivity index (χ2v) is 6.52. The molecule has 2 nitrogen and oxygen atoms in total. The number of hydrogen-bond acceptors (Lipinski definition) is 1. The number of amides is 1. The van der Waals surface area contributed by atoms with Gasteiger partial charge in [-0.1, -0.05) is 73.7 Å². The lowest BCUT2D eigenvalue weighted by Gasteiger charge is -2.15. The second kappa shape index (κ2) is 7.98. The Morgan fingerprint density at radius 1 is 0.960 bits per heavy atom. The summed E-state index contributed by atoms with van der Waals surface area (Å²) in [5.74, 6) is 0.0972. The fourth-order valence-electron chi connectivity index (χ4n) is 3.20. The Morgan fingerprint density at radius 3 is 2.44 bits per heavy atom. The molecule has 0 aromatic heterocycles. The van der Waals surface area contributed by atoms with Crippen molar-refractivity contribution >= 4 is 16.7 Å². The van der Waals surface area contributed by atoms with Gasteiger partial charge in [-0.25, -0.2) is 0 Å². The molecule has 0 aliphatic rings. The molecule has 0 heterocycles. The molecule has 1 amide bonds. The number of fused-ring (bicyclic) bond motifs is 1. The van der Waals surface area contributed by atoms with Crippen LogP contribution >= 0.6 is 0 Å². The van der Waals surface area contributed by atoms with Crippen LogP contribution < -0.4 is 5.32 Å². The summed E-state index contributed by atoms with van der Waals surface area (Å²) in [6, 6.07) is 23.1. The quantitative estimate of drug-likeness (QED) is 0.660. The van der Waals surface area contributed by atoms with E-state index in [1.165, 1.54) is 21.9 Å². The van der Waals surface area contributed by atoms with Gasteiger partial charge in [0.1, 0.15) is 0 Å². The maximum Gasteiger partial charge on any atom is 0.220 e. The molecule has 3 rings (SSSR count). The molecule has 1 atom stereocenters. The molecule has 0 aliphatic carbocycles. The van der Waals surface area contributed by atoms with Gasteiger partial charge in [0.2, 0.25) is 5.91 Å². The lowest BCUT2D eigenvalue weighted by atomic mass is 10.0. The van der Waals surface area contributed by atoms with Crippen LogP contribution in [0.5, 0.6) is 0 Å². The van der Waals surface area contributed by atoms with Crippen molar-refractivity contribution in [3.63, 3.8) is 0 Å². The van der Waals surface area contributed by atoms with E-state index in [-0.39, 0.29) is 11.9 Å². The Bertz CT molecular complexity index is 846. The summed E-state index contributed by atoms with van der Waals surface area (Å²) in [4.78, 5) is 12.3. The molecule has 0 aliphatic heterocycles. The largest absolute Gasteiger partial charge is 0.350 e. The Morgan fingerprint density at radius 2 is 1.68 bits per heavy atom. The summed E-state index contributed by atoms with van der Waals surface area (Å²) >= 11 is 0. The van der Waals surface area contributed by atoms with E-state index < -0.39 is 0 Å². The van der Waals surface area contributed by atoms with Crippen molar-refractivity contribution in [3.8, 4) is 0 Å². The molecule has 128 valence electrons. The van der Waals surface area contributed by atoms with Crippen LogP contribution in [0.25, 0.3) is 10.8 Å². The molecule has 0 unspecified atom stereocenters. The number of benzene rings is 3. The van der Waals surface area contributed by atoms with Crippen molar-refractivity contribution in [3.05, 3.63) is 83.4 Å². The van der Waals surface area contributed by atoms with Gasteiger partial charge in [0, 0.05) is 6.42 Å². The zero-order valence-corrected chi connectivity index (χ0v) is 15.0. The number of carbonyl (C=O) groups excluding carboxylic acids is 1. The van der Waals surface area contributed by atoms with E-state index in [2.05, 4.69) is 66.8 Å². The number of aryl methyl sites for hydroxylation is 2. The summed E-state index contributed by atoms with van der Waals surface area (Å²) in [6.45, 7) is 4.18. The normalized spacial score (nSPS) is 12.1. The SMILES string of the molecule is CCc1ccc([C@H](C)NC(=O)CCc2cccc3ccccc23)cc1. The van der Waals surface area contributed by atoms with Gasteiger partial charge in [-0.2, -0.15) is 0 Å². The molecule has 0 fully saturated rings. The molecular weight excluding hydrogens is 306 g/mol. The third-order valence-electron chi connectivity index (χ3n) is 4.77. The van der Waals surface area contributed by atoms with Crippen LogP contribution in [-0.4, -0.2) is 5.91 Å². The molecule has 3 aromatic rings. The lowest BCUT2D eigenvalue weighted by molar-refractivity contribution is -0.121. The fourth-order valence-corrected chi connectivity index (χ4v) is 3.20. The average Bonchev–Trinajstić information content (AvgIpc) is 2.66. The van der Waals surface area contributed by atoms with Crippen molar-refractivity contribution < 1.29 is 4.79 Å². The molecular formula is C23H25NO. The van der Waals surface area contributed by atoms with Crippen LogP contribution in [0.2, 0.25) is 0 Å². The Labute approximate surface area is 149 Å². The number of hydrogen-bond donors (Lipinski definition) is 1. The summed E-state index contributed by atoms with van der Waals surface area (Å²) < 4.78 is 0. The van der Waals surface area contributed by atoms with Crippen molar-refractivity contribution in [1.82, 2.24) is 5.32 Å². The van der Waals surface area contributed by atoms with E-state index in [9.17, 15) is 4.79 Å². The Kier molecular flexibility index (Phi) is 5.49. The van der Waals surface area contributed by atoms with Crippen LogP contribution in [0.4, 0.5) is 0 Å². The van der Waals surface area contributed by atoms with E-state index in [1.807, 2.05) is 19.1 Å². The monoisotopic (exact) mass is 331 g/mol. The topological polar surface area (TPSA) is 29.1 Å². The molecule has 0 saturated heterocycles. The molecule has 0 spiro atoms. The number of nitrogens with one attached hydrogen (secondary N) is 1. The zero-order chi connectivity index (χ0) is 17.6. The first kappa shape index (κ1) is 17.2. The average molecular weight is 331 g/mol. The van der Waals surface area contributed by atoms with Gasteiger partial charge < -0.3 is 5.32 Å². The predicted molar refractivity (Wildman–Crippen MR) is 105 cm³/mol. The highest BCUT2D eigenvalue weighted by Gasteiger charge is 2.10. The highest BCUT2D eigenvalue weighted by Crippen LogP contribution is 2.20. The van der Waals surface area contributed by atoms with Gasteiger partial charge in [-0.05, 0) is 47.2 Å². The third kappa shape index (κ3) is 4.27. The van der Waals surface area contributed by atoms with Crippen LogP contribution in [0, 0.1) is 0 Å². The summed E-state index contributed by atoms with van der Waals surface area (Å²) in [5, 5.41) is 5.58. The molecule has 1 N–H and O–H groups in total. The first-order valence-electron chi connectivity index (χ1n) is 9.02. The van der Waals surface area contributed by atoms with Gasteiger partial charge in [0.25, 0.3) is 0 Å². The molecule has 2 heteroatoms.